The summed E-state index contributed by atoms with van der Waals surface area (Å²) in [7, 11) is 3.20. The highest BCUT2D eigenvalue weighted by Crippen LogP contribution is 2.39. The van der Waals surface area contributed by atoms with Crippen molar-refractivity contribution in [3.05, 3.63) is 48.5 Å². The van der Waals surface area contributed by atoms with Crippen molar-refractivity contribution in [1.82, 2.24) is 15.8 Å². The number of rotatable bonds is 6. The molecule has 8 heteroatoms. The summed E-state index contributed by atoms with van der Waals surface area (Å²) in [4.78, 5) is 27.5. The van der Waals surface area contributed by atoms with Crippen LogP contribution in [0.15, 0.2) is 53.6 Å². The summed E-state index contributed by atoms with van der Waals surface area (Å²) in [5.74, 6) is 0.736. The summed E-state index contributed by atoms with van der Waals surface area (Å²) in [6.45, 7) is 1.32. The summed E-state index contributed by atoms with van der Waals surface area (Å²) in [5, 5.41) is 1.54. The molecule has 29 heavy (non-hydrogen) atoms. The molecule has 0 bridgehead atoms. The van der Waals surface area contributed by atoms with Gasteiger partial charge in [-0.3, -0.25) is 20.4 Å². The number of nitrogens with one attached hydrogen (secondary N) is 2. The van der Waals surface area contributed by atoms with Gasteiger partial charge in [0, 0.05) is 19.1 Å². The standard InChI is InChI=1S/C21H21N3O4S/c1-13(25)23-24-19(26)12-29-20-11-16(14-7-5-4-6-8-14)21-17(22-20)9-15(27-2)10-18(21)28-3/h4-11H,12H2,1-3H3,(H,23,25)(H,24,26). The van der Waals surface area contributed by atoms with E-state index in [2.05, 4.69) is 15.8 Å². The zero-order valence-corrected chi connectivity index (χ0v) is 17.1. The third-order valence-corrected chi connectivity index (χ3v) is 5.00. The van der Waals surface area contributed by atoms with Crippen LogP contribution in [0.3, 0.4) is 0 Å². The molecule has 1 heterocycles. The molecule has 0 aliphatic rings. The van der Waals surface area contributed by atoms with E-state index in [4.69, 9.17) is 9.47 Å². The van der Waals surface area contributed by atoms with E-state index in [1.54, 1.807) is 14.2 Å². The number of methoxy groups -OCH3 is 2. The first-order valence-electron chi connectivity index (χ1n) is 8.82. The molecule has 150 valence electrons. The lowest BCUT2D eigenvalue weighted by Gasteiger charge is -2.14. The van der Waals surface area contributed by atoms with Crippen molar-refractivity contribution < 1.29 is 19.1 Å². The second kappa shape index (κ2) is 9.29. The molecule has 7 nitrogen and oxygen atoms in total. The van der Waals surface area contributed by atoms with E-state index in [1.165, 1.54) is 18.7 Å². The molecular formula is C21H21N3O4S. The number of aromatic nitrogens is 1. The highest BCUT2D eigenvalue weighted by atomic mass is 32.2. The Balaban J connectivity index is 2.03. The van der Waals surface area contributed by atoms with Gasteiger partial charge in [-0.1, -0.05) is 42.1 Å². The van der Waals surface area contributed by atoms with Crippen LogP contribution in [0.25, 0.3) is 22.0 Å². The van der Waals surface area contributed by atoms with Crippen LogP contribution in [0.1, 0.15) is 6.92 Å². The predicted molar refractivity (Wildman–Crippen MR) is 113 cm³/mol. The maximum atomic E-state index is 11.9. The molecule has 1 aromatic heterocycles. The average molecular weight is 411 g/mol. The second-order valence-electron chi connectivity index (χ2n) is 6.12. The van der Waals surface area contributed by atoms with Gasteiger partial charge in [-0.15, -0.1) is 0 Å². The number of hydrogen-bond donors (Lipinski definition) is 2. The van der Waals surface area contributed by atoms with Crippen molar-refractivity contribution in [3.8, 4) is 22.6 Å². The molecule has 0 saturated carbocycles. The van der Waals surface area contributed by atoms with Gasteiger partial charge in [-0.05, 0) is 17.2 Å². The number of ether oxygens (including phenoxy) is 2. The number of hydrogen-bond acceptors (Lipinski definition) is 6. The third kappa shape index (κ3) is 4.97. The average Bonchev–Trinajstić information content (AvgIpc) is 2.75. The Morgan fingerprint density at radius 3 is 2.45 bits per heavy atom. The quantitative estimate of drug-likeness (QED) is 0.478. The minimum absolute atomic E-state index is 0.105. The zero-order chi connectivity index (χ0) is 20.8. The largest absolute Gasteiger partial charge is 0.497 e. The van der Waals surface area contributed by atoms with Crippen molar-refractivity contribution in [3.63, 3.8) is 0 Å². The lowest BCUT2D eigenvalue weighted by molar-refractivity contribution is -0.126. The number of amides is 2. The molecule has 0 spiro atoms. The van der Waals surface area contributed by atoms with E-state index in [0.717, 1.165) is 16.5 Å². The zero-order valence-electron chi connectivity index (χ0n) is 16.3. The van der Waals surface area contributed by atoms with E-state index >= 15 is 0 Å². The van der Waals surface area contributed by atoms with Crippen LogP contribution in [0, 0.1) is 0 Å². The molecule has 2 amide bonds. The highest BCUT2D eigenvalue weighted by molar-refractivity contribution is 7.99. The first kappa shape index (κ1) is 20.5. The van der Waals surface area contributed by atoms with Crippen molar-refractivity contribution in [2.45, 2.75) is 11.9 Å². The summed E-state index contributed by atoms with van der Waals surface area (Å²) >= 11 is 1.27. The van der Waals surface area contributed by atoms with Gasteiger partial charge in [0.1, 0.15) is 11.5 Å². The van der Waals surface area contributed by atoms with Crippen molar-refractivity contribution in [1.29, 1.82) is 0 Å². The van der Waals surface area contributed by atoms with Crippen LogP contribution in [0.5, 0.6) is 11.5 Å². The second-order valence-corrected chi connectivity index (χ2v) is 7.11. The minimum Gasteiger partial charge on any atom is -0.497 e. The summed E-state index contributed by atoms with van der Waals surface area (Å²) in [6.07, 6.45) is 0. The van der Waals surface area contributed by atoms with Crippen LogP contribution in [-0.2, 0) is 9.59 Å². The summed E-state index contributed by atoms with van der Waals surface area (Å²) in [5.41, 5.74) is 7.27. The van der Waals surface area contributed by atoms with Crippen molar-refractivity contribution in [2.24, 2.45) is 0 Å². The van der Waals surface area contributed by atoms with E-state index in [0.29, 0.717) is 22.0 Å². The maximum Gasteiger partial charge on any atom is 0.248 e. The van der Waals surface area contributed by atoms with Gasteiger partial charge in [0.25, 0.3) is 0 Å². The summed E-state index contributed by atoms with van der Waals surface area (Å²) in [6, 6.07) is 15.5. The Hall–Kier alpha value is -3.26. The van der Waals surface area contributed by atoms with Gasteiger partial charge >= 0.3 is 0 Å². The fourth-order valence-corrected chi connectivity index (χ4v) is 3.53. The number of benzene rings is 2. The first-order valence-corrected chi connectivity index (χ1v) is 9.80. The van der Waals surface area contributed by atoms with E-state index in [9.17, 15) is 9.59 Å². The number of pyridine rings is 1. The molecule has 3 aromatic rings. The van der Waals surface area contributed by atoms with Crippen LogP contribution in [-0.4, -0.2) is 36.8 Å². The minimum atomic E-state index is -0.335. The van der Waals surface area contributed by atoms with Crippen LogP contribution < -0.4 is 20.3 Å². The topological polar surface area (TPSA) is 89.5 Å². The van der Waals surface area contributed by atoms with Crippen LogP contribution in [0.4, 0.5) is 0 Å². The molecule has 0 unspecified atom stereocenters. The number of carbonyl (C=O) groups is 2. The molecule has 0 saturated heterocycles. The molecule has 3 rings (SSSR count). The fourth-order valence-electron chi connectivity index (χ4n) is 2.81. The van der Waals surface area contributed by atoms with Gasteiger partial charge < -0.3 is 9.47 Å². The molecule has 0 radical (unpaired) electrons. The smallest absolute Gasteiger partial charge is 0.248 e. The molecule has 0 aliphatic heterocycles. The van der Waals surface area contributed by atoms with Gasteiger partial charge in [0.05, 0.1) is 35.9 Å². The first-order chi connectivity index (χ1) is 14.0. The number of fused-ring (bicyclic) bond motifs is 1. The van der Waals surface area contributed by atoms with Gasteiger partial charge in [-0.2, -0.15) is 0 Å². The number of nitrogens with zero attached hydrogens (tertiary/aromatic N) is 1. The highest BCUT2D eigenvalue weighted by Gasteiger charge is 2.15. The Labute approximate surface area is 172 Å². The van der Waals surface area contributed by atoms with Crippen molar-refractivity contribution in [2.75, 3.05) is 20.0 Å². The van der Waals surface area contributed by atoms with Crippen LogP contribution >= 0.6 is 11.8 Å². The molecular weight excluding hydrogens is 390 g/mol. The maximum absolute atomic E-state index is 11.9. The molecule has 2 N–H and O–H groups in total. The Kier molecular flexibility index (Phi) is 6.56. The molecule has 2 aromatic carbocycles. The van der Waals surface area contributed by atoms with E-state index in [1.807, 2.05) is 48.5 Å². The number of thioether (sulfide) groups is 1. The van der Waals surface area contributed by atoms with E-state index in [-0.39, 0.29) is 17.6 Å². The Morgan fingerprint density at radius 1 is 1.03 bits per heavy atom. The fraction of sp³-hybridized carbons (Fsp3) is 0.190. The van der Waals surface area contributed by atoms with Crippen LogP contribution in [0.2, 0.25) is 0 Å². The normalized spacial score (nSPS) is 10.4. The summed E-state index contributed by atoms with van der Waals surface area (Å²) < 4.78 is 11.0. The predicted octanol–water partition coefficient (Wildman–Crippen LogP) is 3.18. The van der Waals surface area contributed by atoms with Gasteiger partial charge in [0.2, 0.25) is 11.8 Å². The lowest BCUT2D eigenvalue weighted by Crippen LogP contribution is -2.41. The van der Waals surface area contributed by atoms with Crippen molar-refractivity contribution >= 4 is 34.5 Å². The molecule has 0 atom stereocenters. The van der Waals surface area contributed by atoms with Gasteiger partial charge in [-0.25, -0.2) is 4.98 Å². The Bertz CT molecular complexity index is 1040. The van der Waals surface area contributed by atoms with E-state index < -0.39 is 0 Å². The third-order valence-electron chi connectivity index (χ3n) is 4.09. The lowest BCUT2D eigenvalue weighted by atomic mass is 10.0. The molecule has 0 fully saturated rings. The molecule has 0 aliphatic carbocycles. The number of hydrazine groups is 1. The number of carbonyl (C=O) groups excluding carboxylic acids is 2. The SMILES string of the molecule is COc1cc(OC)c2c(-c3ccccc3)cc(SCC(=O)NNC(C)=O)nc2c1. The van der Waals surface area contributed by atoms with Gasteiger partial charge in [0.15, 0.2) is 0 Å². The monoisotopic (exact) mass is 411 g/mol. The Morgan fingerprint density at radius 2 is 1.79 bits per heavy atom.